The van der Waals surface area contributed by atoms with Crippen LogP contribution < -0.4 is 5.01 Å². The third-order valence-electron chi connectivity index (χ3n) is 6.94. The number of benzene rings is 1. The molecule has 0 aliphatic carbocycles. The fraction of sp³-hybridized carbons (Fsp3) is 0.724. The minimum atomic E-state index is -1.13. The summed E-state index contributed by atoms with van der Waals surface area (Å²) in [4.78, 5) is 25.2. The van der Waals surface area contributed by atoms with Crippen molar-refractivity contribution >= 4 is 17.6 Å². The van der Waals surface area contributed by atoms with Crippen LogP contribution in [0.4, 0.5) is 5.69 Å². The molecule has 1 fully saturated rings. The van der Waals surface area contributed by atoms with E-state index >= 15 is 0 Å². The Morgan fingerprint density at radius 1 is 0.824 bits per heavy atom. The molecule has 5 nitrogen and oxygen atoms in total. The van der Waals surface area contributed by atoms with Gasteiger partial charge in [-0.3, -0.25) is 19.6 Å². The van der Waals surface area contributed by atoms with Crippen molar-refractivity contribution in [2.24, 2.45) is 0 Å². The number of anilines is 1. The zero-order valence-corrected chi connectivity index (χ0v) is 22.0. The van der Waals surface area contributed by atoms with Crippen LogP contribution in [0.2, 0.25) is 0 Å². The summed E-state index contributed by atoms with van der Waals surface area (Å²) in [6.07, 6.45) is 19.8. The molecule has 5 heteroatoms. The van der Waals surface area contributed by atoms with Crippen LogP contribution in [0.3, 0.4) is 0 Å². The van der Waals surface area contributed by atoms with Crippen molar-refractivity contribution in [2.75, 3.05) is 18.6 Å². The highest BCUT2D eigenvalue weighted by Crippen LogP contribution is 2.30. The van der Waals surface area contributed by atoms with E-state index in [2.05, 4.69) is 6.92 Å². The average Bonchev–Trinajstić information content (AvgIpc) is 3.06. The Hall–Kier alpha value is -2.04. The predicted molar refractivity (Wildman–Crippen MR) is 141 cm³/mol. The lowest BCUT2D eigenvalue weighted by Crippen LogP contribution is -2.42. The van der Waals surface area contributed by atoms with Crippen LogP contribution in [0.15, 0.2) is 30.3 Å². The molecule has 1 aliphatic rings. The summed E-state index contributed by atoms with van der Waals surface area (Å²) in [7, 11) is 1.73. The van der Waals surface area contributed by atoms with Gasteiger partial charge in [-0.15, -0.1) is 0 Å². The van der Waals surface area contributed by atoms with Crippen molar-refractivity contribution in [1.82, 2.24) is 5.01 Å². The molecular weight excluding hydrogens is 424 g/mol. The summed E-state index contributed by atoms with van der Waals surface area (Å²) in [6.45, 7) is 4.34. The number of para-hydroxylation sites is 1. The molecule has 0 aromatic heterocycles. The summed E-state index contributed by atoms with van der Waals surface area (Å²) in [5.74, 6) is -0.449. The molecule has 1 atom stereocenters. The van der Waals surface area contributed by atoms with Gasteiger partial charge in [0.25, 0.3) is 5.91 Å². The Morgan fingerprint density at radius 3 is 1.79 bits per heavy atom. The Labute approximate surface area is 208 Å². The third kappa shape index (κ3) is 9.68. The van der Waals surface area contributed by atoms with Crippen molar-refractivity contribution < 1.29 is 14.3 Å². The van der Waals surface area contributed by atoms with Crippen LogP contribution in [0.1, 0.15) is 117 Å². The second kappa shape index (κ2) is 15.8. The molecule has 1 unspecified atom stereocenters. The topological polar surface area (TPSA) is 49.9 Å². The van der Waals surface area contributed by atoms with Gasteiger partial charge in [-0.05, 0) is 25.5 Å². The summed E-state index contributed by atoms with van der Waals surface area (Å²) in [6, 6.07) is 9.72. The molecule has 1 saturated heterocycles. The fourth-order valence-electron chi connectivity index (χ4n) is 4.79. The Kier molecular flexibility index (Phi) is 13.1. The molecule has 192 valence electrons. The number of hydrogen-bond acceptors (Lipinski definition) is 4. The second-order valence-electron chi connectivity index (χ2n) is 10.1. The van der Waals surface area contributed by atoms with Gasteiger partial charge in [-0.2, -0.15) is 0 Å². The number of unbranched alkanes of at least 4 members (excludes halogenated alkanes) is 14. The fourth-order valence-corrected chi connectivity index (χ4v) is 4.79. The first-order chi connectivity index (χ1) is 16.5. The lowest BCUT2D eigenvalue weighted by atomic mass is 10.0. The predicted octanol–water partition coefficient (Wildman–Crippen LogP) is 7.44. The van der Waals surface area contributed by atoms with Crippen LogP contribution in [-0.4, -0.2) is 36.1 Å². The summed E-state index contributed by atoms with van der Waals surface area (Å²) in [5, 5.41) is 3.42. The van der Waals surface area contributed by atoms with E-state index in [-0.39, 0.29) is 11.9 Å². The number of ether oxygens (including phenoxy) is 1. The highest BCUT2D eigenvalue weighted by atomic mass is 16.6. The van der Waals surface area contributed by atoms with Crippen molar-refractivity contribution in [3.63, 3.8) is 0 Å². The first-order valence-corrected chi connectivity index (χ1v) is 13.8. The Balaban J connectivity index is 1.49. The summed E-state index contributed by atoms with van der Waals surface area (Å²) in [5.41, 5.74) is -0.211. The number of amides is 1. The van der Waals surface area contributed by atoms with E-state index in [4.69, 9.17) is 4.74 Å². The zero-order valence-electron chi connectivity index (χ0n) is 22.0. The zero-order chi connectivity index (χ0) is 24.7. The van der Waals surface area contributed by atoms with Gasteiger partial charge in [0.1, 0.15) is 0 Å². The molecule has 0 spiro atoms. The number of esters is 1. The van der Waals surface area contributed by atoms with Crippen molar-refractivity contribution in [3.8, 4) is 0 Å². The van der Waals surface area contributed by atoms with Gasteiger partial charge >= 0.3 is 5.97 Å². The maximum atomic E-state index is 12.8. The summed E-state index contributed by atoms with van der Waals surface area (Å²) < 4.78 is 5.68. The van der Waals surface area contributed by atoms with Gasteiger partial charge in [0.15, 0.2) is 0 Å². The molecular formula is C29H48N2O3. The van der Waals surface area contributed by atoms with Gasteiger partial charge in [0, 0.05) is 13.5 Å². The first kappa shape index (κ1) is 28.2. The molecule has 0 radical (unpaired) electrons. The Morgan fingerprint density at radius 2 is 1.29 bits per heavy atom. The lowest BCUT2D eigenvalue weighted by Gasteiger charge is -2.25. The highest BCUT2D eigenvalue weighted by Gasteiger charge is 2.49. The number of carbonyl (C=O) groups excluding carboxylic acids is 2. The number of hydrogen-bond donors (Lipinski definition) is 0. The average molecular weight is 473 g/mol. The highest BCUT2D eigenvalue weighted by molar-refractivity contribution is 5.92. The van der Waals surface area contributed by atoms with Crippen LogP contribution in [0.5, 0.6) is 0 Å². The minimum Gasteiger partial charge on any atom is -0.447 e. The maximum absolute atomic E-state index is 12.8. The number of nitrogens with zero attached hydrogens (tertiary/aromatic N) is 2. The van der Waals surface area contributed by atoms with Crippen LogP contribution in [0, 0.1) is 0 Å². The molecule has 0 N–H and O–H groups in total. The molecule has 34 heavy (non-hydrogen) atoms. The maximum Gasteiger partial charge on any atom is 0.306 e. The number of likely N-dealkylation sites (N-methyl/N-ethyl adjacent to an activating group) is 1. The smallest absolute Gasteiger partial charge is 0.306 e. The van der Waals surface area contributed by atoms with E-state index in [1.54, 1.807) is 19.0 Å². The quantitative estimate of drug-likeness (QED) is 0.164. The van der Waals surface area contributed by atoms with Gasteiger partial charge in [-0.1, -0.05) is 115 Å². The SMILES string of the molecule is CCCCCCCCCCCCCCCCCC(=O)OC1(C)CN(c2ccccc2)N(C)C1=O. The van der Waals surface area contributed by atoms with Crippen LogP contribution in [0.25, 0.3) is 0 Å². The molecule has 1 amide bonds. The van der Waals surface area contributed by atoms with E-state index in [1.807, 2.05) is 35.3 Å². The monoisotopic (exact) mass is 472 g/mol. The third-order valence-corrected chi connectivity index (χ3v) is 6.94. The number of hydrazine groups is 1. The van der Waals surface area contributed by atoms with E-state index < -0.39 is 5.60 Å². The molecule has 1 aromatic rings. The Bertz CT molecular complexity index is 709. The van der Waals surface area contributed by atoms with E-state index in [1.165, 1.54) is 83.5 Å². The van der Waals surface area contributed by atoms with Gasteiger partial charge < -0.3 is 4.74 Å². The van der Waals surface area contributed by atoms with Crippen LogP contribution >= 0.6 is 0 Å². The van der Waals surface area contributed by atoms with Crippen LogP contribution in [-0.2, 0) is 14.3 Å². The van der Waals surface area contributed by atoms with Gasteiger partial charge in [0.05, 0.1) is 12.2 Å². The minimum absolute atomic E-state index is 0.179. The second-order valence-corrected chi connectivity index (χ2v) is 10.1. The first-order valence-electron chi connectivity index (χ1n) is 13.8. The largest absolute Gasteiger partial charge is 0.447 e. The molecule has 0 bridgehead atoms. The van der Waals surface area contributed by atoms with E-state index in [0.29, 0.717) is 13.0 Å². The number of carbonyl (C=O) groups is 2. The summed E-state index contributed by atoms with van der Waals surface area (Å²) >= 11 is 0. The molecule has 2 rings (SSSR count). The normalized spacial score (nSPS) is 18.0. The van der Waals surface area contributed by atoms with Gasteiger partial charge in [0.2, 0.25) is 5.60 Å². The molecule has 0 saturated carbocycles. The van der Waals surface area contributed by atoms with Gasteiger partial charge in [-0.25, -0.2) is 0 Å². The number of rotatable bonds is 18. The van der Waals surface area contributed by atoms with Crippen molar-refractivity contribution in [1.29, 1.82) is 0 Å². The standard InChI is InChI=1S/C29H48N2O3/c1-4-5-6-7-8-9-10-11-12-13-14-15-16-17-21-24-27(32)34-29(2)25-31(30(3)28(29)33)26-22-19-18-20-23-26/h18-20,22-23H,4-17,21,24-25H2,1-3H3. The molecule has 1 aliphatic heterocycles. The van der Waals surface area contributed by atoms with E-state index in [9.17, 15) is 9.59 Å². The molecule has 1 heterocycles. The lowest BCUT2D eigenvalue weighted by molar-refractivity contribution is -0.165. The van der Waals surface area contributed by atoms with Crippen molar-refractivity contribution in [3.05, 3.63) is 30.3 Å². The van der Waals surface area contributed by atoms with Crippen molar-refractivity contribution in [2.45, 2.75) is 122 Å². The molecule has 1 aromatic carbocycles. The van der Waals surface area contributed by atoms with E-state index in [0.717, 1.165) is 18.5 Å².